The second kappa shape index (κ2) is 13.3. The van der Waals surface area contributed by atoms with E-state index in [1.165, 1.54) is 12.5 Å². The quantitative estimate of drug-likeness (QED) is 0.179. The highest BCUT2D eigenvalue weighted by Crippen LogP contribution is 2.75. The summed E-state index contributed by atoms with van der Waals surface area (Å²) in [6.45, 7) is 16.1. The van der Waals surface area contributed by atoms with Crippen molar-refractivity contribution in [3.63, 3.8) is 0 Å². The lowest BCUT2D eigenvalue weighted by molar-refractivity contribution is -0.341. The largest absolute Gasteiger partial charge is 0.477 e. The Morgan fingerprint density at radius 1 is 0.962 bits per heavy atom. The average molecular weight is 748 g/mol. The fourth-order valence-electron chi connectivity index (χ4n) is 13.1. The van der Waals surface area contributed by atoms with E-state index in [1.807, 2.05) is 6.08 Å². The molecular formula is C41H65NO11. The van der Waals surface area contributed by atoms with Gasteiger partial charge in [-0.05, 0) is 108 Å². The van der Waals surface area contributed by atoms with Gasteiger partial charge in [-0.2, -0.15) is 0 Å². The number of carboxylic acid groups (broad SMARTS) is 1. The van der Waals surface area contributed by atoms with E-state index < -0.39 is 78.1 Å². The maximum atomic E-state index is 14.8. The molecule has 0 unspecified atom stereocenters. The molecule has 12 nitrogen and oxygen atoms in total. The monoisotopic (exact) mass is 747 g/mol. The van der Waals surface area contributed by atoms with Crippen LogP contribution >= 0.6 is 0 Å². The number of aliphatic hydroxyl groups excluding tert-OH is 5. The molecular weight excluding hydrogens is 682 g/mol. The zero-order valence-corrected chi connectivity index (χ0v) is 33.0. The maximum absolute atomic E-state index is 14.8. The van der Waals surface area contributed by atoms with Gasteiger partial charge in [-0.3, -0.25) is 9.59 Å². The predicted octanol–water partition coefficient (Wildman–Crippen LogP) is 3.49. The molecule has 300 valence electrons. The minimum Gasteiger partial charge on any atom is -0.477 e. The lowest BCUT2D eigenvalue weighted by Gasteiger charge is -2.70. The first-order chi connectivity index (χ1) is 24.5. The van der Waals surface area contributed by atoms with Crippen LogP contribution in [0.15, 0.2) is 11.6 Å². The maximum Gasteiger partial charge on any atom is 0.364 e. The molecule has 1 heterocycles. The molecule has 6 aliphatic rings. The second-order valence-corrected chi connectivity index (χ2v) is 20.0. The van der Waals surface area contributed by atoms with Gasteiger partial charge < -0.3 is 45.4 Å². The molecule has 0 aromatic heterocycles. The Balaban J connectivity index is 1.32. The van der Waals surface area contributed by atoms with Gasteiger partial charge in [0.05, 0.1) is 24.9 Å². The van der Waals surface area contributed by atoms with Gasteiger partial charge in [-0.15, -0.1) is 0 Å². The third kappa shape index (κ3) is 6.07. The highest BCUT2D eigenvalue weighted by Gasteiger charge is 2.71. The van der Waals surface area contributed by atoms with Crippen molar-refractivity contribution < 1.29 is 54.5 Å². The molecule has 1 saturated heterocycles. The summed E-state index contributed by atoms with van der Waals surface area (Å²) in [5.74, 6) is -4.38. The average Bonchev–Trinajstić information content (AvgIpc) is 3.07. The number of fused-ring (bicyclic) bond motifs is 7. The van der Waals surface area contributed by atoms with Crippen LogP contribution < -0.4 is 5.32 Å². The third-order valence-electron chi connectivity index (χ3n) is 16.5. The van der Waals surface area contributed by atoms with Crippen molar-refractivity contribution in [3.8, 4) is 0 Å². The Hall–Kier alpha value is -1.93. The molecule has 6 rings (SSSR count). The molecule has 0 bridgehead atoms. The summed E-state index contributed by atoms with van der Waals surface area (Å²) >= 11 is 0. The van der Waals surface area contributed by atoms with Crippen molar-refractivity contribution in [3.05, 3.63) is 11.6 Å². The number of ketones is 1. The molecule has 0 aromatic carbocycles. The lowest BCUT2D eigenvalue weighted by atomic mass is 9.33. The van der Waals surface area contributed by atoms with E-state index in [0.29, 0.717) is 12.8 Å². The molecule has 12 heteroatoms. The fraction of sp³-hybridized carbons (Fsp3) is 0.878. The first-order valence-corrected chi connectivity index (χ1v) is 19.9. The number of ether oxygens (including phenoxy) is 2. The number of nitrogens with one attached hydrogen (secondary N) is 1. The number of rotatable bonds is 8. The van der Waals surface area contributed by atoms with Crippen LogP contribution in [0.3, 0.4) is 0 Å². The van der Waals surface area contributed by atoms with Crippen LogP contribution in [0.5, 0.6) is 0 Å². The first-order valence-electron chi connectivity index (χ1n) is 19.9. The number of carbonyl (C=O) groups excluding carboxylic acids is 2. The first kappa shape index (κ1) is 40.7. The molecule has 1 amide bonds. The number of allylic oxidation sites excluding steroid dienone is 2. The van der Waals surface area contributed by atoms with E-state index >= 15 is 0 Å². The predicted molar refractivity (Wildman–Crippen MR) is 194 cm³/mol. The van der Waals surface area contributed by atoms with Crippen LogP contribution in [0.2, 0.25) is 0 Å². The Bertz CT molecular complexity index is 1520. The molecule has 5 fully saturated rings. The number of hydrogen-bond donors (Lipinski definition) is 7. The summed E-state index contributed by atoms with van der Waals surface area (Å²) in [5.41, 5.74) is -0.339. The molecule has 53 heavy (non-hydrogen) atoms. The molecule has 0 spiro atoms. The number of amides is 1. The van der Waals surface area contributed by atoms with Gasteiger partial charge in [0.1, 0.15) is 18.3 Å². The molecule has 4 saturated carbocycles. The van der Waals surface area contributed by atoms with E-state index in [0.717, 1.165) is 44.9 Å². The van der Waals surface area contributed by atoms with Crippen molar-refractivity contribution in [2.75, 3.05) is 13.2 Å². The number of aliphatic carboxylic acids is 1. The Morgan fingerprint density at radius 3 is 2.23 bits per heavy atom. The summed E-state index contributed by atoms with van der Waals surface area (Å²) in [6.07, 6.45) is 1.68. The van der Waals surface area contributed by atoms with Crippen LogP contribution in [-0.4, -0.2) is 104 Å². The van der Waals surface area contributed by atoms with Crippen LogP contribution in [0.25, 0.3) is 0 Å². The van der Waals surface area contributed by atoms with Crippen LogP contribution in [-0.2, 0) is 23.9 Å². The zero-order valence-electron chi connectivity index (χ0n) is 33.0. The lowest BCUT2D eigenvalue weighted by Crippen LogP contribution is -2.70. The van der Waals surface area contributed by atoms with E-state index in [9.17, 15) is 45.0 Å². The number of hydrogen-bond acceptors (Lipinski definition) is 10. The molecule has 1 aliphatic heterocycles. The van der Waals surface area contributed by atoms with Gasteiger partial charge in [0.2, 0.25) is 5.91 Å². The number of carboxylic acids is 1. The fourth-order valence-corrected chi connectivity index (χ4v) is 13.1. The van der Waals surface area contributed by atoms with Crippen molar-refractivity contribution in [2.45, 2.75) is 162 Å². The topological polar surface area (TPSA) is 203 Å². The van der Waals surface area contributed by atoms with Crippen molar-refractivity contribution in [1.82, 2.24) is 5.32 Å². The summed E-state index contributed by atoms with van der Waals surface area (Å²) in [7, 11) is 0. The number of aliphatic hydroxyl groups is 5. The highest BCUT2D eigenvalue weighted by atomic mass is 16.7. The highest BCUT2D eigenvalue weighted by molar-refractivity contribution is 5.95. The van der Waals surface area contributed by atoms with Crippen molar-refractivity contribution in [2.24, 2.45) is 50.2 Å². The standard InChI is InChI=1S/C41H65NO11/c1-22(45)42-30-26(47)19-41(34(50)51,53-32(30)31(49)27(48)20-43)52-29-10-11-38(6)28(35(29,2)3)9-12-40(8)33(38)25(46)17-23-24-18-36(4,21-44)13-14-37(24,5)15-16-39(23,40)7/h17,24,26-33,43-44,47-49H,9-16,18-21H2,1-8H3,(H,42,45)(H,50,51)/t24-,26-,27+,28-,29-,30+,31+,32+,33+,36-,37+,38-,39+,40+,41-/m0/s1. The van der Waals surface area contributed by atoms with Crippen molar-refractivity contribution >= 4 is 17.7 Å². The van der Waals surface area contributed by atoms with Gasteiger partial charge in [0, 0.05) is 25.9 Å². The van der Waals surface area contributed by atoms with Gasteiger partial charge >= 0.3 is 5.97 Å². The molecule has 5 aliphatic carbocycles. The molecule has 7 N–H and O–H groups in total. The third-order valence-corrected chi connectivity index (χ3v) is 16.5. The van der Waals surface area contributed by atoms with Crippen LogP contribution in [0.1, 0.15) is 120 Å². The van der Waals surface area contributed by atoms with Gasteiger partial charge in [0.15, 0.2) is 5.78 Å². The summed E-state index contributed by atoms with van der Waals surface area (Å²) in [5, 5.41) is 65.6. The SMILES string of the molecule is CC(=O)N[C@H]1[C@H]([C@H](O)[C@H](O)CO)O[C@](O[C@H]2CC[C@]3(C)[C@H]4C(=O)C=C5[C@@H]6C[C@@](C)(CO)CC[C@]6(C)CC[C@@]5(C)[C@]4(C)CC[C@H]3C2(C)C)(C(=O)O)C[C@@H]1O. The van der Waals surface area contributed by atoms with Crippen LogP contribution in [0.4, 0.5) is 0 Å². The van der Waals surface area contributed by atoms with Gasteiger partial charge in [-0.1, -0.05) is 54.0 Å². The minimum atomic E-state index is -2.43. The Morgan fingerprint density at radius 2 is 1.62 bits per heavy atom. The van der Waals surface area contributed by atoms with E-state index in [2.05, 4.69) is 53.8 Å². The summed E-state index contributed by atoms with van der Waals surface area (Å²) in [4.78, 5) is 39.9. The van der Waals surface area contributed by atoms with Gasteiger partial charge in [0.25, 0.3) is 5.79 Å². The smallest absolute Gasteiger partial charge is 0.364 e. The van der Waals surface area contributed by atoms with Crippen molar-refractivity contribution in [1.29, 1.82) is 0 Å². The zero-order chi connectivity index (χ0) is 39.3. The van der Waals surface area contributed by atoms with E-state index in [1.54, 1.807) is 0 Å². The van der Waals surface area contributed by atoms with Gasteiger partial charge in [-0.25, -0.2) is 4.79 Å². The summed E-state index contributed by atoms with van der Waals surface area (Å²) in [6, 6.07) is -1.28. The second-order valence-electron chi connectivity index (χ2n) is 20.0. The Labute approximate surface area is 314 Å². The van der Waals surface area contributed by atoms with Crippen LogP contribution in [0, 0.1) is 50.2 Å². The molecule has 0 radical (unpaired) electrons. The Kier molecular flexibility index (Phi) is 10.2. The minimum absolute atomic E-state index is 0.0281. The molecule has 15 atom stereocenters. The number of carbonyl (C=O) groups is 3. The molecule has 0 aromatic rings. The van der Waals surface area contributed by atoms with E-state index in [-0.39, 0.29) is 51.8 Å². The summed E-state index contributed by atoms with van der Waals surface area (Å²) < 4.78 is 12.6. The normalized spacial score (nSPS) is 48.9. The van der Waals surface area contributed by atoms with E-state index in [4.69, 9.17) is 9.47 Å².